The fraction of sp³-hybridized carbons (Fsp3) is 0.385. The van der Waals surface area contributed by atoms with E-state index in [1.54, 1.807) is 0 Å². The van der Waals surface area contributed by atoms with Crippen molar-refractivity contribution in [3.63, 3.8) is 0 Å². The Hall–Kier alpha value is -3.32. The van der Waals surface area contributed by atoms with Crippen molar-refractivity contribution in [1.29, 1.82) is 0 Å². The molecule has 1 fully saturated rings. The number of aromatic nitrogens is 6. The lowest BCUT2D eigenvalue weighted by Gasteiger charge is -2.11. The van der Waals surface area contributed by atoms with Gasteiger partial charge in [-0.2, -0.15) is 5.10 Å². The number of hydrogen-bond acceptors (Lipinski definition) is 5. The molecule has 1 aliphatic rings. The topological polar surface area (TPSA) is 92.5 Å². The standard InChI is InChI=1S/C26H30N6O/c1-2-3-8-25-23(24(17-33)29-32(25)16-19-9-10-19)15-18-11-13-20(14-12-18)21-6-4-5-7-22(21)26-27-30-31-28-26/h4-7,11-14,19,33H,2-3,8-10,15-17H2,1H3,(H,27,28,30,31). The SMILES string of the molecule is CCCCc1c(Cc2ccc(-c3ccccc3-c3nnn[nH]3)cc2)c(CO)nn1CC1CC1. The number of tetrazole rings is 1. The number of nitrogens with one attached hydrogen (secondary N) is 1. The predicted octanol–water partition coefficient (Wildman–Crippen LogP) is 4.57. The molecule has 2 aromatic carbocycles. The molecule has 2 aromatic heterocycles. The van der Waals surface area contributed by atoms with Crippen molar-refractivity contribution < 1.29 is 5.11 Å². The van der Waals surface area contributed by atoms with Crippen molar-refractivity contribution in [2.24, 2.45) is 5.92 Å². The van der Waals surface area contributed by atoms with E-state index in [9.17, 15) is 5.11 Å². The molecule has 7 nitrogen and oxygen atoms in total. The summed E-state index contributed by atoms with van der Waals surface area (Å²) in [5.41, 5.74) is 7.72. The predicted molar refractivity (Wildman–Crippen MR) is 127 cm³/mol. The second-order valence-corrected chi connectivity index (χ2v) is 8.93. The van der Waals surface area contributed by atoms with Gasteiger partial charge in [0.15, 0.2) is 5.82 Å². The van der Waals surface area contributed by atoms with Crippen molar-refractivity contribution in [1.82, 2.24) is 30.4 Å². The number of aliphatic hydroxyl groups is 1. The Morgan fingerprint density at radius 2 is 1.85 bits per heavy atom. The highest BCUT2D eigenvalue weighted by Gasteiger charge is 2.25. The number of benzene rings is 2. The van der Waals surface area contributed by atoms with Crippen molar-refractivity contribution in [2.75, 3.05) is 0 Å². The Labute approximate surface area is 193 Å². The minimum absolute atomic E-state index is 0.0111. The molecule has 2 heterocycles. The molecule has 170 valence electrons. The number of H-pyrrole nitrogens is 1. The molecule has 1 saturated carbocycles. The first-order chi connectivity index (χ1) is 16.3. The monoisotopic (exact) mass is 442 g/mol. The van der Waals surface area contributed by atoms with Crippen LogP contribution >= 0.6 is 0 Å². The molecule has 0 amide bonds. The highest BCUT2D eigenvalue weighted by molar-refractivity contribution is 5.80. The Morgan fingerprint density at radius 1 is 1.06 bits per heavy atom. The second-order valence-electron chi connectivity index (χ2n) is 8.93. The van der Waals surface area contributed by atoms with Crippen LogP contribution in [0.1, 0.15) is 55.1 Å². The molecular weight excluding hydrogens is 412 g/mol. The summed E-state index contributed by atoms with van der Waals surface area (Å²) in [6.07, 6.45) is 6.68. The van der Waals surface area contributed by atoms with E-state index in [0.717, 1.165) is 60.5 Å². The van der Waals surface area contributed by atoms with Gasteiger partial charge in [-0.05, 0) is 58.7 Å². The summed E-state index contributed by atoms with van der Waals surface area (Å²) in [7, 11) is 0. The Morgan fingerprint density at radius 3 is 2.52 bits per heavy atom. The lowest BCUT2D eigenvalue weighted by atomic mass is 9.95. The van der Waals surface area contributed by atoms with Crippen LogP contribution in [0.3, 0.4) is 0 Å². The Kier molecular flexibility index (Phi) is 6.30. The molecule has 4 aromatic rings. The fourth-order valence-corrected chi connectivity index (χ4v) is 4.46. The van der Waals surface area contributed by atoms with Gasteiger partial charge in [0.1, 0.15) is 0 Å². The molecule has 1 aliphatic carbocycles. The lowest BCUT2D eigenvalue weighted by molar-refractivity contribution is 0.274. The maximum atomic E-state index is 10.0. The highest BCUT2D eigenvalue weighted by atomic mass is 16.3. The maximum Gasteiger partial charge on any atom is 0.180 e. The zero-order chi connectivity index (χ0) is 22.6. The van der Waals surface area contributed by atoms with E-state index in [0.29, 0.717) is 5.82 Å². The summed E-state index contributed by atoms with van der Waals surface area (Å²) < 4.78 is 2.18. The highest BCUT2D eigenvalue weighted by Crippen LogP contribution is 2.33. The zero-order valence-corrected chi connectivity index (χ0v) is 19.0. The molecule has 0 spiro atoms. The van der Waals surface area contributed by atoms with E-state index < -0.39 is 0 Å². The summed E-state index contributed by atoms with van der Waals surface area (Å²) in [5.74, 6) is 1.41. The van der Waals surface area contributed by atoms with Gasteiger partial charge in [-0.15, -0.1) is 5.10 Å². The van der Waals surface area contributed by atoms with Crippen LogP contribution in [-0.4, -0.2) is 35.5 Å². The van der Waals surface area contributed by atoms with E-state index in [-0.39, 0.29) is 6.61 Å². The van der Waals surface area contributed by atoms with Gasteiger partial charge in [0.25, 0.3) is 0 Å². The normalized spacial score (nSPS) is 13.5. The molecule has 0 bridgehead atoms. The summed E-state index contributed by atoms with van der Waals surface area (Å²) in [6, 6.07) is 16.8. The van der Waals surface area contributed by atoms with Crippen LogP contribution in [0.4, 0.5) is 0 Å². The molecule has 2 N–H and O–H groups in total. The quantitative estimate of drug-likeness (QED) is 0.375. The van der Waals surface area contributed by atoms with Crippen LogP contribution in [0, 0.1) is 5.92 Å². The average Bonchev–Trinajstić information content (AvgIpc) is 3.38. The number of unbranched alkanes of at least 4 members (excludes halogenated alkanes) is 1. The van der Waals surface area contributed by atoms with Gasteiger partial charge < -0.3 is 5.11 Å². The van der Waals surface area contributed by atoms with Gasteiger partial charge in [0.05, 0.1) is 12.3 Å². The number of nitrogens with zero attached hydrogens (tertiary/aromatic N) is 5. The van der Waals surface area contributed by atoms with Crippen molar-refractivity contribution in [2.45, 2.75) is 58.6 Å². The van der Waals surface area contributed by atoms with Crippen molar-refractivity contribution in [3.05, 3.63) is 71.0 Å². The van der Waals surface area contributed by atoms with Crippen LogP contribution in [0.5, 0.6) is 0 Å². The summed E-state index contributed by atoms with van der Waals surface area (Å²) in [5, 5.41) is 29.2. The first kappa shape index (κ1) is 21.5. The minimum atomic E-state index is -0.0111. The fourth-order valence-electron chi connectivity index (χ4n) is 4.46. The number of aliphatic hydroxyl groups excluding tert-OH is 1. The van der Waals surface area contributed by atoms with Crippen LogP contribution in [0.25, 0.3) is 22.5 Å². The molecule has 0 aliphatic heterocycles. The lowest BCUT2D eigenvalue weighted by Crippen LogP contribution is -2.08. The van der Waals surface area contributed by atoms with Crippen LogP contribution in [0.15, 0.2) is 48.5 Å². The van der Waals surface area contributed by atoms with Gasteiger partial charge in [0.2, 0.25) is 0 Å². The number of aromatic amines is 1. The van der Waals surface area contributed by atoms with Gasteiger partial charge in [-0.1, -0.05) is 61.9 Å². The Bertz CT molecular complexity index is 1190. The number of rotatable bonds is 10. The molecular formula is C26H30N6O. The molecule has 0 radical (unpaired) electrons. The zero-order valence-electron chi connectivity index (χ0n) is 19.0. The van der Waals surface area contributed by atoms with Gasteiger partial charge in [-0.3, -0.25) is 4.68 Å². The van der Waals surface area contributed by atoms with Crippen LogP contribution < -0.4 is 0 Å². The third kappa shape index (κ3) is 4.73. The van der Waals surface area contributed by atoms with Gasteiger partial charge in [-0.25, -0.2) is 5.10 Å². The van der Waals surface area contributed by atoms with E-state index in [1.807, 2.05) is 18.2 Å². The van der Waals surface area contributed by atoms with E-state index >= 15 is 0 Å². The third-order valence-corrected chi connectivity index (χ3v) is 6.47. The Balaban J connectivity index is 1.43. The molecule has 33 heavy (non-hydrogen) atoms. The minimum Gasteiger partial charge on any atom is -0.390 e. The van der Waals surface area contributed by atoms with E-state index in [1.165, 1.54) is 29.7 Å². The third-order valence-electron chi connectivity index (χ3n) is 6.47. The average molecular weight is 443 g/mol. The van der Waals surface area contributed by atoms with Crippen molar-refractivity contribution >= 4 is 0 Å². The van der Waals surface area contributed by atoms with E-state index in [2.05, 4.69) is 62.6 Å². The van der Waals surface area contributed by atoms with Crippen molar-refractivity contribution in [3.8, 4) is 22.5 Å². The summed E-state index contributed by atoms with van der Waals surface area (Å²) in [6.45, 7) is 3.20. The first-order valence-electron chi connectivity index (χ1n) is 11.9. The molecule has 0 atom stereocenters. The van der Waals surface area contributed by atoms with Crippen LogP contribution in [0.2, 0.25) is 0 Å². The molecule has 5 rings (SSSR count). The maximum absolute atomic E-state index is 10.0. The summed E-state index contributed by atoms with van der Waals surface area (Å²) in [4.78, 5) is 0. The molecule has 0 saturated heterocycles. The van der Waals surface area contributed by atoms with Gasteiger partial charge in [0, 0.05) is 29.8 Å². The van der Waals surface area contributed by atoms with Gasteiger partial charge >= 0.3 is 0 Å². The van der Waals surface area contributed by atoms with E-state index in [4.69, 9.17) is 5.10 Å². The van der Waals surface area contributed by atoms with Crippen LogP contribution in [-0.2, 0) is 26.0 Å². The summed E-state index contributed by atoms with van der Waals surface area (Å²) >= 11 is 0. The first-order valence-corrected chi connectivity index (χ1v) is 11.9. The largest absolute Gasteiger partial charge is 0.390 e. The number of hydrogen-bond donors (Lipinski definition) is 2. The second kappa shape index (κ2) is 9.67. The molecule has 0 unspecified atom stereocenters. The molecule has 7 heteroatoms. The smallest absolute Gasteiger partial charge is 0.180 e.